The molecule has 3 aliphatic carbocycles. The van der Waals surface area contributed by atoms with Gasteiger partial charge in [-0.2, -0.15) is 0 Å². The summed E-state index contributed by atoms with van der Waals surface area (Å²) in [5, 5.41) is 0. The SMILES string of the molecule is COc1ccc(N2C(=O)[C@@H]3C4c5ccccc5C(C(OC)OC)(c5ccccc54)[C@@H]3C2=O)cc1. The summed E-state index contributed by atoms with van der Waals surface area (Å²) in [6.45, 7) is 0. The summed E-state index contributed by atoms with van der Waals surface area (Å²) in [5.74, 6) is -1.17. The first-order valence-electron chi connectivity index (χ1n) is 11.4. The lowest BCUT2D eigenvalue weighted by Gasteiger charge is -2.56. The number of ether oxygens (including phenoxy) is 3. The molecule has 1 fully saturated rings. The molecule has 0 N–H and O–H groups in total. The maximum atomic E-state index is 14.2. The molecule has 2 amide bonds. The van der Waals surface area contributed by atoms with Gasteiger partial charge < -0.3 is 14.2 Å². The highest BCUT2D eigenvalue weighted by Gasteiger charge is 2.71. The molecule has 4 aliphatic rings. The first kappa shape index (κ1) is 21.1. The first-order valence-corrected chi connectivity index (χ1v) is 11.4. The number of rotatable bonds is 5. The van der Waals surface area contributed by atoms with Gasteiger partial charge in [-0.05, 0) is 46.5 Å². The van der Waals surface area contributed by atoms with Crippen LogP contribution in [0.15, 0.2) is 72.8 Å². The molecule has 0 unspecified atom stereocenters. The Hall–Kier alpha value is -3.48. The van der Waals surface area contributed by atoms with Crippen LogP contribution in [-0.4, -0.2) is 39.4 Å². The van der Waals surface area contributed by atoms with Crippen LogP contribution < -0.4 is 9.64 Å². The van der Waals surface area contributed by atoms with Crippen LogP contribution in [-0.2, 0) is 24.5 Å². The van der Waals surface area contributed by atoms with Crippen molar-refractivity contribution in [2.45, 2.75) is 17.6 Å². The van der Waals surface area contributed by atoms with E-state index in [2.05, 4.69) is 12.1 Å². The van der Waals surface area contributed by atoms with Gasteiger partial charge in [0, 0.05) is 20.1 Å². The Kier molecular flexibility index (Phi) is 4.66. The summed E-state index contributed by atoms with van der Waals surface area (Å²) in [5.41, 5.74) is 3.68. The minimum Gasteiger partial charge on any atom is -0.497 e. The smallest absolute Gasteiger partial charge is 0.239 e. The molecule has 7 rings (SSSR count). The lowest BCUT2D eigenvalue weighted by atomic mass is 9.47. The van der Waals surface area contributed by atoms with Gasteiger partial charge in [0.25, 0.3) is 0 Å². The van der Waals surface area contributed by atoms with Crippen molar-refractivity contribution in [3.8, 4) is 5.75 Å². The van der Waals surface area contributed by atoms with Crippen LogP contribution in [0.4, 0.5) is 5.69 Å². The van der Waals surface area contributed by atoms with Crippen LogP contribution in [0.5, 0.6) is 5.75 Å². The first-order chi connectivity index (χ1) is 16.6. The summed E-state index contributed by atoms with van der Waals surface area (Å²) >= 11 is 0. The number of methoxy groups -OCH3 is 3. The number of anilines is 1. The standard InChI is InChI=1S/C28H25NO5/c1-32-17-14-12-16(13-15-17)29-25(30)23-22-18-8-4-6-10-20(18)28(24(23)26(29)31,27(33-2)34-3)21-11-7-5-9-19(21)22/h4-15,22-24,27H,1-3H3/t22?,23-,24+,28?/m1/s1. The maximum Gasteiger partial charge on any atom is 0.239 e. The van der Waals surface area contributed by atoms with Crippen molar-refractivity contribution >= 4 is 17.5 Å². The van der Waals surface area contributed by atoms with E-state index in [-0.39, 0.29) is 17.7 Å². The molecule has 6 nitrogen and oxygen atoms in total. The van der Waals surface area contributed by atoms with Gasteiger partial charge in [0.05, 0.1) is 30.0 Å². The second-order valence-electron chi connectivity index (χ2n) is 9.04. The molecule has 172 valence electrons. The van der Waals surface area contributed by atoms with Crippen molar-refractivity contribution < 1.29 is 23.8 Å². The van der Waals surface area contributed by atoms with Crippen LogP contribution in [0.25, 0.3) is 0 Å². The van der Waals surface area contributed by atoms with Gasteiger partial charge in [-0.1, -0.05) is 48.5 Å². The molecular formula is C28H25NO5. The van der Waals surface area contributed by atoms with E-state index in [0.29, 0.717) is 11.4 Å². The zero-order valence-electron chi connectivity index (χ0n) is 19.2. The molecule has 2 bridgehead atoms. The Balaban J connectivity index is 1.64. The molecule has 3 aromatic rings. The third-order valence-electron chi connectivity index (χ3n) is 7.81. The van der Waals surface area contributed by atoms with Crippen molar-refractivity contribution in [1.29, 1.82) is 0 Å². The fraction of sp³-hybridized carbons (Fsp3) is 0.286. The fourth-order valence-corrected chi connectivity index (χ4v) is 6.68. The van der Waals surface area contributed by atoms with Gasteiger partial charge in [0.15, 0.2) is 6.29 Å². The van der Waals surface area contributed by atoms with Gasteiger partial charge >= 0.3 is 0 Å². The van der Waals surface area contributed by atoms with E-state index in [1.165, 1.54) is 4.90 Å². The highest BCUT2D eigenvalue weighted by molar-refractivity contribution is 6.23. The summed E-state index contributed by atoms with van der Waals surface area (Å²) in [4.78, 5) is 29.6. The summed E-state index contributed by atoms with van der Waals surface area (Å²) in [7, 11) is 4.76. The van der Waals surface area contributed by atoms with E-state index in [1.54, 1.807) is 45.6 Å². The molecule has 3 aromatic carbocycles. The molecule has 0 radical (unpaired) electrons. The lowest BCUT2D eigenvalue weighted by molar-refractivity contribution is -0.168. The highest BCUT2D eigenvalue weighted by atomic mass is 16.7. The normalized spacial score (nSPS) is 26.5. The van der Waals surface area contributed by atoms with Gasteiger partial charge in [-0.25, -0.2) is 4.90 Å². The molecule has 1 aliphatic heterocycles. The van der Waals surface area contributed by atoms with E-state index in [9.17, 15) is 9.59 Å². The number of benzene rings is 3. The molecular weight excluding hydrogens is 430 g/mol. The van der Waals surface area contributed by atoms with Gasteiger partial charge in [0.1, 0.15) is 5.75 Å². The third kappa shape index (κ3) is 2.42. The predicted molar refractivity (Wildman–Crippen MR) is 126 cm³/mol. The second-order valence-corrected chi connectivity index (χ2v) is 9.04. The van der Waals surface area contributed by atoms with Crippen molar-refractivity contribution in [1.82, 2.24) is 0 Å². The number of hydrogen-bond donors (Lipinski definition) is 0. The minimum atomic E-state index is -0.954. The quantitative estimate of drug-likeness (QED) is 0.432. The number of nitrogens with zero attached hydrogens (tertiary/aromatic N) is 1. The molecule has 34 heavy (non-hydrogen) atoms. The van der Waals surface area contributed by atoms with E-state index < -0.39 is 23.5 Å². The molecule has 0 spiro atoms. The largest absolute Gasteiger partial charge is 0.497 e. The topological polar surface area (TPSA) is 65.1 Å². The Morgan fingerprint density at radius 2 is 1.32 bits per heavy atom. The second kappa shape index (κ2) is 7.52. The summed E-state index contributed by atoms with van der Waals surface area (Å²) < 4.78 is 17.1. The number of imide groups is 1. The number of amides is 2. The lowest BCUT2D eigenvalue weighted by Crippen LogP contribution is -2.60. The third-order valence-corrected chi connectivity index (χ3v) is 7.81. The summed E-state index contributed by atoms with van der Waals surface area (Å²) in [6, 6.07) is 23.2. The van der Waals surface area contributed by atoms with Gasteiger partial charge in [0.2, 0.25) is 11.8 Å². The zero-order valence-corrected chi connectivity index (χ0v) is 19.2. The van der Waals surface area contributed by atoms with E-state index >= 15 is 0 Å². The Morgan fingerprint density at radius 1 is 0.765 bits per heavy atom. The van der Waals surface area contributed by atoms with E-state index in [1.807, 2.05) is 36.4 Å². The molecule has 0 aromatic heterocycles. The molecule has 0 saturated carbocycles. The number of carbonyl (C=O) groups is 2. The van der Waals surface area contributed by atoms with Crippen LogP contribution in [0.3, 0.4) is 0 Å². The monoisotopic (exact) mass is 455 g/mol. The van der Waals surface area contributed by atoms with Crippen LogP contribution in [0.1, 0.15) is 28.2 Å². The average molecular weight is 456 g/mol. The zero-order chi connectivity index (χ0) is 23.6. The fourth-order valence-electron chi connectivity index (χ4n) is 6.68. The molecule has 2 atom stereocenters. The molecule has 1 heterocycles. The Labute approximate surface area is 198 Å². The number of hydrogen-bond acceptors (Lipinski definition) is 5. The van der Waals surface area contributed by atoms with Crippen LogP contribution in [0, 0.1) is 11.8 Å². The maximum absolute atomic E-state index is 14.2. The van der Waals surface area contributed by atoms with E-state index in [0.717, 1.165) is 22.3 Å². The van der Waals surface area contributed by atoms with E-state index in [4.69, 9.17) is 14.2 Å². The van der Waals surface area contributed by atoms with Crippen molar-refractivity contribution in [3.63, 3.8) is 0 Å². The summed E-state index contributed by atoms with van der Waals surface area (Å²) in [6.07, 6.45) is -0.754. The number of carbonyl (C=O) groups excluding carboxylic acids is 2. The van der Waals surface area contributed by atoms with Crippen LogP contribution in [0.2, 0.25) is 0 Å². The Morgan fingerprint density at radius 3 is 1.85 bits per heavy atom. The van der Waals surface area contributed by atoms with Gasteiger partial charge in [-0.3, -0.25) is 9.59 Å². The predicted octanol–water partition coefficient (Wildman–Crippen LogP) is 3.86. The average Bonchev–Trinajstić information content (AvgIpc) is 3.16. The Bertz CT molecular complexity index is 1250. The molecule has 6 heteroatoms. The van der Waals surface area contributed by atoms with Crippen molar-refractivity contribution in [3.05, 3.63) is 95.1 Å². The van der Waals surface area contributed by atoms with Crippen molar-refractivity contribution in [2.75, 3.05) is 26.2 Å². The minimum absolute atomic E-state index is 0.190. The van der Waals surface area contributed by atoms with Gasteiger partial charge in [-0.15, -0.1) is 0 Å². The highest BCUT2D eigenvalue weighted by Crippen LogP contribution is 2.65. The van der Waals surface area contributed by atoms with Crippen LogP contribution >= 0.6 is 0 Å². The molecule has 1 saturated heterocycles. The van der Waals surface area contributed by atoms with Crippen molar-refractivity contribution in [2.24, 2.45) is 11.8 Å².